The van der Waals surface area contributed by atoms with Crippen molar-refractivity contribution in [3.63, 3.8) is 0 Å². The first kappa shape index (κ1) is 11.4. The van der Waals surface area contributed by atoms with Gasteiger partial charge in [-0.05, 0) is 18.6 Å². The van der Waals surface area contributed by atoms with Crippen LogP contribution in [0.1, 0.15) is 18.4 Å². The van der Waals surface area contributed by atoms with Gasteiger partial charge in [0.25, 0.3) is 5.91 Å². The van der Waals surface area contributed by atoms with Crippen LogP contribution in [0.4, 0.5) is 5.69 Å². The first-order chi connectivity index (χ1) is 7.54. The number of fused-ring (bicyclic) bond motifs is 1. The highest BCUT2D eigenvalue weighted by Crippen LogP contribution is 2.37. The van der Waals surface area contributed by atoms with E-state index < -0.39 is 10.7 Å². The number of nitrogens with zero attached hydrogens (tertiary/aromatic N) is 1. The topological polar surface area (TPSA) is 37.4 Å². The average molecular weight is 258 g/mol. The molecular formula is C11H9Cl2NO2. The van der Waals surface area contributed by atoms with Crippen molar-refractivity contribution in [2.75, 3.05) is 4.90 Å². The second-order valence-corrected chi connectivity index (χ2v) is 4.69. The summed E-state index contributed by atoms with van der Waals surface area (Å²) in [6, 6.07) is 7.13. The second kappa shape index (κ2) is 4.07. The lowest BCUT2D eigenvalue weighted by molar-refractivity contribution is -0.125. The Labute approximate surface area is 103 Å². The van der Waals surface area contributed by atoms with Gasteiger partial charge in [0.1, 0.15) is 0 Å². The Kier molecular flexibility index (Phi) is 2.91. The summed E-state index contributed by atoms with van der Waals surface area (Å²) in [5, 5.41) is 0. The molecule has 0 aromatic heterocycles. The van der Waals surface area contributed by atoms with Crippen LogP contribution in [0.5, 0.6) is 0 Å². The molecule has 3 nitrogen and oxygen atoms in total. The standard InChI is InChI=1S/C11H9Cl2NO2/c1-6-7-4-2-3-5-8(7)14(10(6)15)11(16)9(12)13/h2-6,9H,1H3. The van der Waals surface area contributed by atoms with E-state index in [0.29, 0.717) is 5.69 Å². The van der Waals surface area contributed by atoms with Crippen molar-refractivity contribution in [1.29, 1.82) is 0 Å². The highest BCUT2D eigenvalue weighted by atomic mass is 35.5. The molecule has 0 saturated carbocycles. The molecule has 1 unspecified atom stereocenters. The molecule has 0 spiro atoms. The van der Waals surface area contributed by atoms with E-state index >= 15 is 0 Å². The van der Waals surface area contributed by atoms with Crippen molar-refractivity contribution >= 4 is 40.7 Å². The molecule has 0 bridgehead atoms. The second-order valence-electron chi connectivity index (χ2n) is 3.59. The minimum absolute atomic E-state index is 0.280. The van der Waals surface area contributed by atoms with E-state index in [4.69, 9.17) is 23.2 Å². The lowest BCUT2D eigenvalue weighted by Gasteiger charge is -2.15. The number of alkyl halides is 2. The van der Waals surface area contributed by atoms with E-state index in [1.54, 1.807) is 19.1 Å². The van der Waals surface area contributed by atoms with Gasteiger partial charge in [0.2, 0.25) is 5.91 Å². The van der Waals surface area contributed by atoms with Crippen LogP contribution in [0.2, 0.25) is 0 Å². The first-order valence-electron chi connectivity index (χ1n) is 4.79. The van der Waals surface area contributed by atoms with Crippen LogP contribution < -0.4 is 4.90 Å². The summed E-state index contributed by atoms with van der Waals surface area (Å²) in [7, 11) is 0. The maximum atomic E-state index is 11.9. The number of rotatable bonds is 1. The molecule has 5 heteroatoms. The Morgan fingerprint density at radius 1 is 1.38 bits per heavy atom. The van der Waals surface area contributed by atoms with Crippen LogP contribution in [0.25, 0.3) is 0 Å². The molecular weight excluding hydrogens is 249 g/mol. The largest absolute Gasteiger partial charge is 0.273 e. The van der Waals surface area contributed by atoms with Crippen LogP contribution >= 0.6 is 23.2 Å². The molecule has 1 atom stereocenters. The molecule has 16 heavy (non-hydrogen) atoms. The molecule has 0 N–H and O–H groups in total. The van der Waals surface area contributed by atoms with Gasteiger partial charge >= 0.3 is 0 Å². The molecule has 1 aromatic rings. The number of halogens is 2. The SMILES string of the molecule is CC1C(=O)N(C(=O)C(Cl)Cl)c2ccccc21. The first-order valence-corrected chi connectivity index (χ1v) is 5.66. The number of amides is 2. The molecule has 1 aromatic carbocycles. The Balaban J connectivity index is 2.49. The van der Waals surface area contributed by atoms with Gasteiger partial charge in [-0.25, -0.2) is 4.90 Å². The van der Waals surface area contributed by atoms with E-state index in [-0.39, 0.29) is 11.8 Å². The predicted molar refractivity (Wildman–Crippen MR) is 62.8 cm³/mol. The Bertz CT molecular complexity index is 451. The van der Waals surface area contributed by atoms with Crippen molar-refractivity contribution in [3.05, 3.63) is 29.8 Å². The zero-order chi connectivity index (χ0) is 11.9. The fourth-order valence-corrected chi connectivity index (χ4v) is 2.02. The third kappa shape index (κ3) is 1.60. The maximum Gasteiger partial charge on any atom is 0.267 e. The van der Waals surface area contributed by atoms with Gasteiger partial charge in [0, 0.05) is 0 Å². The summed E-state index contributed by atoms with van der Waals surface area (Å²) in [6.07, 6.45) is 0. The number of imide groups is 1. The van der Waals surface area contributed by atoms with Gasteiger partial charge in [0.05, 0.1) is 11.6 Å². The lowest BCUT2D eigenvalue weighted by atomic mass is 10.0. The molecule has 84 valence electrons. The molecule has 0 aliphatic carbocycles. The van der Waals surface area contributed by atoms with Crippen molar-refractivity contribution < 1.29 is 9.59 Å². The van der Waals surface area contributed by atoms with E-state index in [0.717, 1.165) is 10.5 Å². The van der Waals surface area contributed by atoms with Gasteiger partial charge in [-0.2, -0.15) is 0 Å². The van der Waals surface area contributed by atoms with Crippen molar-refractivity contribution in [2.45, 2.75) is 17.7 Å². The molecule has 0 radical (unpaired) electrons. The van der Waals surface area contributed by atoms with Gasteiger partial charge in [-0.1, -0.05) is 41.4 Å². The number of carbonyl (C=O) groups excluding carboxylic acids is 2. The highest BCUT2D eigenvalue weighted by molar-refractivity contribution is 6.56. The molecule has 0 fully saturated rings. The predicted octanol–water partition coefficient (Wildman–Crippen LogP) is 2.47. The number of benzene rings is 1. The van der Waals surface area contributed by atoms with Crippen molar-refractivity contribution in [1.82, 2.24) is 0 Å². The van der Waals surface area contributed by atoms with E-state index in [2.05, 4.69) is 0 Å². The molecule has 0 saturated heterocycles. The van der Waals surface area contributed by atoms with Crippen LogP contribution in [0, 0.1) is 0 Å². The minimum Gasteiger partial charge on any atom is -0.273 e. The number of hydrogen-bond acceptors (Lipinski definition) is 2. The fraction of sp³-hybridized carbons (Fsp3) is 0.273. The van der Waals surface area contributed by atoms with Gasteiger partial charge < -0.3 is 0 Å². The Morgan fingerprint density at radius 3 is 2.62 bits per heavy atom. The van der Waals surface area contributed by atoms with E-state index in [1.165, 1.54) is 0 Å². The monoisotopic (exact) mass is 257 g/mol. The third-order valence-corrected chi connectivity index (χ3v) is 3.02. The van der Waals surface area contributed by atoms with Gasteiger partial charge in [0.15, 0.2) is 4.84 Å². The van der Waals surface area contributed by atoms with Crippen LogP contribution in [0.3, 0.4) is 0 Å². The van der Waals surface area contributed by atoms with E-state index in [1.807, 2.05) is 12.1 Å². The molecule has 2 amide bonds. The minimum atomic E-state index is -1.22. The quantitative estimate of drug-likeness (QED) is 0.725. The van der Waals surface area contributed by atoms with Crippen LogP contribution in [-0.2, 0) is 9.59 Å². The fourth-order valence-electron chi connectivity index (χ4n) is 1.83. The van der Waals surface area contributed by atoms with Crippen LogP contribution in [-0.4, -0.2) is 16.7 Å². The summed E-state index contributed by atoms with van der Waals surface area (Å²) in [5.41, 5.74) is 1.41. The molecule has 1 aliphatic heterocycles. The summed E-state index contributed by atoms with van der Waals surface area (Å²) < 4.78 is 0. The molecule has 2 rings (SSSR count). The number of para-hydroxylation sites is 1. The summed E-state index contributed by atoms with van der Waals surface area (Å²) >= 11 is 11.0. The van der Waals surface area contributed by atoms with Crippen LogP contribution in [0.15, 0.2) is 24.3 Å². The molecule has 1 aliphatic rings. The van der Waals surface area contributed by atoms with E-state index in [9.17, 15) is 9.59 Å². The van der Waals surface area contributed by atoms with Gasteiger partial charge in [-0.15, -0.1) is 0 Å². The summed E-state index contributed by atoms with van der Waals surface area (Å²) in [4.78, 5) is 23.4. The normalized spacial score (nSPS) is 19.1. The smallest absolute Gasteiger partial charge is 0.267 e. The zero-order valence-electron chi connectivity index (χ0n) is 8.48. The highest BCUT2D eigenvalue weighted by Gasteiger charge is 2.39. The Hall–Kier alpha value is -1.06. The molecule has 1 heterocycles. The third-order valence-electron chi connectivity index (χ3n) is 2.64. The average Bonchev–Trinajstić information content (AvgIpc) is 2.52. The van der Waals surface area contributed by atoms with Crippen molar-refractivity contribution in [2.24, 2.45) is 0 Å². The number of anilines is 1. The maximum absolute atomic E-state index is 11.9. The Morgan fingerprint density at radius 2 is 2.00 bits per heavy atom. The summed E-state index contributed by atoms with van der Waals surface area (Å²) in [6.45, 7) is 1.76. The van der Waals surface area contributed by atoms with Crippen molar-refractivity contribution in [3.8, 4) is 0 Å². The summed E-state index contributed by atoms with van der Waals surface area (Å²) in [5.74, 6) is -1.20. The number of carbonyl (C=O) groups is 2. The zero-order valence-corrected chi connectivity index (χ0v) is 10.00. The van der Waals surface area contributed by atoms with Gasteiger partial charge in [-0.3, -0.25) is 9.59 Å². The lowest BCUT2D eigenvalue weighted by Crippen LogP contribution is -2.38. The number of hydrogen-bond donors (Lipinski definition) is 0.